The Morgan fingerprint density at radius 2 is 0.468 bits per heavy atom. The van der Waals surface area contributed by atoms with Crippen molar-refractivity contribution < 1.29 is 26.5 Å². The molecule has 588 valence electrons. The van der Waals surface area contributed by atoms with Crippen LogP contribution in [-0.4, -0.2) is 0 Å². The first-order chi connectivity index (χ1) is 62.3. The zero-order chi connectivity index (χ0) is 82.3. The summed E-state index contributed by atoms with van der Waals surface area (Å²) in [6.07, 6.45) is 0. The SMILES string of the molecule is c1ccc(N(c2ccc3c(c2)oc2cc4cc5c(cc4cc23)sc2cc(N(c3ccccc3)c3ccc4oc6cc(-c7cccc(-c8ccc(N(c9ccc(-c%10ccc%11c(c%10)oc%10cc%12cc%13c(cc%12cc%10%11)oc%10ccccc%10%13)cc9)c9ccc(-c%10cccc%11c%10oc%10ccccc%10%11)cc9)cc8)c7)ccc6c4c3)ccc25)c2ccc3oc4ccccc4c3c2)cc1. The standard InChI is InChI=1S/C116H67N3O6S/c1-3-17-79(18-4-1)118(84-45-51-106-100(64-84)91-23-9-10-26-103(91)120-106)86-43-49-94-99-56-78-63-114-102(57-77(78)62-112(99)124-113(94)66-86)95-50-44-87(67-115(95)126-114)119(80-19-5-2-6-20-80)85-46-52-107-101(65-85)93-48-36-74(59-108(93)122-107)72-16-13-15-71(53-72)68-29-37-81(38-30-68)117(83-41-33-70(34-42-83)88-24-14-25-96-89-21-7-12-28-105(89)125-116(88)96)82-39-31-69(32-40-82)73-35-47-92-98-55-76-60-110-97(90-22-8-11-27-104(90)121-110)54-75(76)61-111(98)123-109(92)58-73/h1-67H. The van der Waals surface area contributed by atoms with Gasteiger partial charge in [-0.3, -0.25) is 0 Å². The van der Waals surface area contributed by atoms with Crippen LogP contribution in [0.1, 0.15) is 0 Å². The molecule has 10 heteroatoms. The fraction of sp³-hybridized carbons (Fsp3) is 0. The predicted octanol–water partition coefficient (Wildman–Crippen LogP) is 34.8. The minimum absolute atomic E-state index is 0.829. The number of furan rings is 6. The van der Waals surface area contributed by atoms with Crippen molar-refractivity contribution in [2.24, 2.45) is 0 Å². The van der Waals surface area contributed by atoms with Gasteiger partial charge in [-0.2, -0.15) is 0 Å². The normalized spacial score (nSPS) is 12.1. The molecule has 0 fully saturated rings. The smallest absolute Gasteiger partial charge is 0.143 e. The van der Waals surface area contributed by atoms with E-state index in [4.69, 9.17) is 26.5 Å². The van der Waals surface area contributed by atoms with Crippen LogP contribution in [0.4, 0.5) is 51.2 Å². The summed E-state index contributed by atoms with van der Waals surface area (Å²) in [6, 6.07) is 146. The molecule has 0 atom stereocenters. The van der Waals surface area contributed by atoms with Crippen molar-refractivity contribution in [1.29, 1.82) is 0 Å². The molecule has 0 saturated heterocycles. The van der Waals surface area contributed by atoms with Gasteiger partial charge in [0.1, 0.15) is 67.0 Å². The summed E-state index contributed by atoms with van der Waals surface area (Å²) in [5.74, 6) is 0. The minimum Gasteiger partial charge on any atom is -0.456 e. The molecule has 20 aromatic carbocycles. The van der Waals surface area contributed by atoms with Crippen LogP contribution >= 0.6 is 11.3 Å². The van der Waals surface area contributed by atoms with Gasteiger partial charge < -0.3 is 41.2 Å². The van der Waals surface area contributed by atoms with E-state index in [1.54, 1.807) is 0 Å². The number of anilines is 9. The number of hydrogen-bond acceptors (Lipinski definition) is 10. The Morgan fingerprint density at radius 3 is 1.02 bits per heavy atom. The monoisotopic (exact) mass is 1630 g/mol. The number of benzene rings is 20. The van der Waals surface area contributed by atoms with E-state index in [2.05, 4.69) is 385 Å². The summed E-state index contributed by atoms with van der Waals surface area (Å²) in [5, 5.41) is 20.0. The Hall–Kier alpha value is -16.7. The largest absolute Gasteiger partial charge is 0.456 e. The lowest BCUT2D eigenvalue weighted by Gasteiger charge is -2.26. The van der Waals surface area contributed by atoms with Crippen LogP contribution in [0.3, 0.4) is 0 Å². The third-order valence-corrected chi connectivity index (χ3v) is 26.9. The Bertz CT molecular complexity index is 9190. The Morgan fingerprint density at radius 1 is 0.151 bits per heavy atom. The molecular weight excluding hydrogens is 1560 g/mol. The molecule has 0 aliphatic carbocycles. The van der Waals surface area contributed by atoms with Crippen molar-refractivity contribution in [3.05, 3.63) is 406 Å². The van der Waals surface area contributed by atoms with Crippen molar-refractivity contribution in [2.75, 3.05) is 14.7 Å². The summed E-state index contributed by atoms with van der Waals surface area (Å²) in [4.78, 5) is 6.98. The van der Waals surface area contributed by atoms with Crippen molar-refractivity contribution in [1.82, 2.24) is 0 Å². The molecule has 126 heavy (non-hydrogen) atoms. The fourth-order valence-electron chi connectivity index (χ4n) is 19.7. The maximum atomic E-state index is 6.85. The van der Waals surface area contributed by atoms with E-state index < -0.39 is 0 Å². The van der Waals surface area contributed by atoms with E-state index in [9.17, 15) is 0 Å². The van der Waals surface area contributed by atoms with Gasteiger partial charge >= 0.3 is 0 Å². The second-order valence-corrected chi connectivity index (χ2v) is 34.1. The third-order valence-electron chi connectivity index (χ3n) is 25.7. The van der Waals surface area contributed by atoms with Gasteiger partial charge in [-0.15, -0.1) is 11.3 Å². The van der Waals surface area contributed by atoms with Gasteiger partial charge in [0.15, 0.2) is 0 Å². The Balaban J connectivity index is 0.481. The summed E-state index contributed by atoms with van der Waals surface area (Å²) in [5.41, 5.74) is 28.3. The van der Waals surface area contributed by atoms with Crippen LogP contribution in [0, 0.1) is 0 Å². The zero-order valence-electron chi connectivity index (χ0n) is 67.4. The minimum atomic E-state index is 0.829. The highest BCUT2D eigenvalue weighted by Crippen LogP contribution is 2.50. The summed E-state index contributed by atoms with van der Waals surface area (Å²) in [7, 11) is 0. The molecule has 27 rings (SSSR count). The molecule has 0 saturated carbocycles. The molecule has 7 aromatic heterocycles. The quantitative estimate of drug-likeness (QED) is 0.112. The Labute approximate surface area is 723 Å². The van der Waals surface area contributed by atoms with E-state index in [1.165, 1.54) is 25.6 Å². The molecule has 0 spiro atoms. The fourth-order valence-corrected chi connectivity index (χ4v) is 20.8. The second kappa shape index (κ2) is 27.4. The van der Waals surface area contributed by atoms with Crippen molar-refractivity contribution in [2.45, 2.75) is 0 Å². The highest BCUT2D eigenvalue weighted by Gasteiger charge is 2.25. The van der Waals surface area contributed by atoms with Crippen LogP contribution in [0.25, 0.3) is 218 Å². The predicted molar refractivity (Wildman–Crippen MR) is 524 cm³/mol. The van der Waals surface area contributed by atoms with E-state index >= 15 is 0 Å². The molecule has 0 aliphatic rings. The van der Waals surface area contributed by atoms with Crippen molar-refractivity contribution >= 4 is 236 Å². The molecule has 0 aliphatic heterocycles. The highest BCUT2D eigenvalue weighted by atomic mass is 32.1. The van der Waals surface area contributed by atoms with Crippen LogP contribution < -0.4 is 14.7 Å². The lowest BCUT2D eigenvalue weighted by atomic mass is 9.98. The van der Waals surface area contributed by atoms with Gasteiger partial charge in [0.05, 0.1) is 0 Å². The van der Waals surface area contributed by atoms with Crippen LogP contribution in [-0.2, 0) is 0 Å². The topological polar surface area (TPSA) is 88.6 Å². The van der Waals surface area contributed by atoms with Crippen molar-refractivity contribution in [3.63, 3.8) is 0 Å². The first kappa shape index (κ1) is 70.1. The molecule has 0 bridgehead atoms. The summed E-state index contributed by atoms with van der Waals surface area (Å²) >= 11 is 1.83. The molecule has 7 heterocycles. The molecule has 0 radical (unpaired) electrons. The third kappa shape index (κ3) is 11.3. The number of para-hydroxylation sites is 6. The second-order valence-electron chi connectivity index (χ2n) is 33.0. The van der Waals surface area contributed by atoms with Crippen LogP contribution in [0.2, 0.25) is 0 Å². The molecular formula is C116H67N3O6S. The van der Waals surface area contributed by atoms with Crippen molar-refractivity contribution in [3.8, 4) is 44.5 Å². The van der Waals surface area contributed by atoms with E-state index in [0.29, 0.717) is 0 Å². The maximum Gasteiger partial charge on any atom is 0.143 e. The zero-order valence-corrected chi connectivity index (χ0v) is 68.2. The summed E-state index contributed by atoms with van der Waals surface area (Å²) < 4.78 is 41.9. The van der Waals surface area contributed by atoms with Gasteiger partial charge in [0, 0.05) is 148 Å². The van der Waals surface area contributed by atoms with E-state index in [0.717, 1.165) is 243 Å². The average Bonchev–Trinajstić information content (AvgIpc) is 1.58. The maximum absolute atomic E-state index is 6.85. The molecule has 0 N–H and O–H groups in total. The molecule has 9 nitrogen and oxygen atoms in total. The van der Waals surface area contributed by atoms with Gasteiger partial charge in [-0.05, 0) is 279 Å². The van der Waals surface area contributed by atoms with Crippen LogP contribution in [0.15, 0.2) is 433 Å². The van der Waals surface area contributed by atoms with Crippen LogP contribution in [0.5, 0.6) is 0 Å². The average molecular weight is 1630 g/mol. The van der Waals surface area contributed by atoms with Gasteiger partial charge in [-0.1, -0.05) is 182 Å². The van der Waals surface area contributed by atoms with Gasteiger partial charge in [0.2, 0.25) is 0 Å². The van der Waals surface area contributed by atoms with E-state index in [-0.39, 0.29) is 0 Å². The first-order valence-electron chi connectivity index (χ1n) is 42.5. The molecule has 27 aromatic rings. The number of hydrogen-bond donors (Lipinski definition) is 0. The Kier molecular flexibility index (Phi) is 15.3. The molecule has 0 amide bonds. The first-order valence-corrected chi connectivity index (χ1v) is 43.3. The lowest BCUT2D eigenvalue weighted by molar-refractivity contribution is 0.668. The number of rotatable bonds is 13. The molecule has 0 unspecified atom stereocenters. The number of fused-ring (bicyclic) bond motifs is 23. The van der Waals surface area contributed by atoms with Gasteiger partial charge in [0.25, 0.3) is 0 Å². The number of thiophene rings is 1. The highest BCUT2D eigenvalue weighted by molar-refractivity contribution is 7.26. The number of nitrogens with zero attached hydrogens (tertiary/aromatic N) is 3. The lowest BCUT2D eigenvalue weighted by Crippen LogP contribution is -2.09. The van der Waals surface area contributed by atoms with Gasteiger partial charge in [-0.25, -0.2) is 0 Å². The summed E-state index contributed by atoms with van der Waals surface area (Å²) in [6.45, 7) is 0. The van der Waals surface area contributed by atoms with E-state index in [1.807, 2.05) is 47.7 Å².